The van der Waals surface area contributed by atoms with Crippen molar-refractivity contribution < 1.29 is 5.11 Å². The normalized spacial score (nSPS) is 15.6. The van der Waals surface area contributed by atoms with Gasteiger partial charge in [-0.1, -0.05) is 0 Å². The lowest BCUT2D eigenvalue weighted by atomic mass is 10.1. The van der Waals surface area contributed by atoms with E-state index in [4.69, 9.17) is 5.84 Å². The lowest BCUT2D eigenvalue weighted by molar-refractivity contribution is 0.234. The standard InChI is InChI=1S/C12H21N5O/c1-7-9(16-12(2,3)6-18)14-11(8-4-5-8)15-10(7)17-13/h8,18H,4-6,13H2,1-3H3,(H2,14,15,16,17). The Bertz CT molecular complexity index is 442. The van der Waals surface area contributed by atoms with Gasteiger partial charge in [-0.15, -0.1) is 0 Å². The van der Waals surface area contributed by atoms with Crippen molar-refractivity contribution in [1.29, 1.82) is 0 Å². The SMILES string of the molecule is Cc1c(NN)nc(C2CC2)nc1NC(C)(C)CO. The lowest BCUT2D eigenvalue weighted by Gasteiger charge is -2.26. The maximum atomic E-state index is 9.32. The van der Waals surface area contributed by atoms with Gasteiger partial charge in [-0.25, -0.2) is 15.8 Å². The van der Waals surface area contributed by atoms with Crippen LogP contribution in [0.15, 0.2) is 0 Å². The van der Waals surface area contributed by atoms with Crippen LogP contribution in [0.4, 0.5) is 11.6 Å². The van der Waals surface area contributed by atoms with Crippen LogP contribution in [0.3, 0.4) is 0 Å². The molecule has 6 heteroatoms. The predicted molar refractivity (Wildman–Crippen MR) is 71.3 cm³/mol. The summed E-state index contributed by atoms with van der Waals surface area (Å²) in [6, 6.07) is 0. The Kier molecular flexibility index (Phi) is 3.41. The fraction of sp³-hybridized carbons (Fsp3) is 0.667. The van der Waals surface area contributed by atoms with Gasteiger partial charge in [0.2, 0.25) is 0 Å². The zero-order valence-electron chi connectivity index (χ0n) is 11.1. The highest BCUT2D eigenvalue weighted by molar-refractivity contribution is 5.58. The molecule has 5 N–H and O–H groups in total. The van der Waals surface area contributed by atoms with Gasteiger partial charge in [-0.3, -0.25) is 0 Å². The summed E-state index contributed by atoms with van der Waals surface area (Å²) in [5, 5.41) is 12.6. The number of hydrogen-bond acceptors (Lipinski definition) is 6. The Morgan fingerprint density at radius 2 is 1.94 bits per heavy atom. The van der Waals surface area contributed by atoms with E-state index in [0.29, 0.717) is 11.7 Å². The van der Waals surface area contributed by atoms with Crippen LogP contribution in [0.1, 0.15) is 44.0 Å². The van der Waals surface area contributed by atoms with E-state index >= 15 is 0 Å². The maximum Gasteiger partial charge on any atom is 0.148 e. The van der Waals surface area contributed by atoms with Crippen molar-refractivity contribution in [3.8, 4) is 0 Å². The number of nitrogens with two attached hydrogens (primary N) is 1. The second kappa shape index (κ2) is 4.70. The summed E-state index contributed by atoms with van der Waals surface area (Å²) in [7, 11) is 0. The van der Waals surface area contributed by atoms with E-state index in [-0.39, 0.29) is 6.61 Å². The second-order valence-electron chi connectivity index (χ2n) is 5.49. The first-order chi connectivity index (χ1) is 8.46. The van der Waals surface area contributed by atoms with Gasteiger partial charge in [0.1, 0.15) is 17.5 Å². The molecule has 0 aliphatic heterocycles. The molecule has 18 heavy (non-hydrogen) atoms. The second-order valence-corrected chi connectivity index (χ2v) is 5.49. The summed E-state index contributed by atoms with van der Waals surface area (Å²) in [4.78, 5) is 8.97. The Hall–Kier alpha value is -1.40. The third-order valence-electron chi connectivity index (χ3n) is 3.09. The number of nitrogens with zero attached hydrogens (tertiary/aromatic N) is 2. The smallest absolute Gasteiger partial charge is 0.148 e. The molecule has 1 heterocycles. The van der Waals surface area contributed by atoms with Crippen molar-refractivity contribution in [2.45, 2.75) is 45.1 Å². The largest absolute Gasteiger partial charge is 0.394 e. The molecule has 1 aromatic heterocycles. The number of hydrazine groups is 1. The van der Waals surface area contributed by atoms with Gasteiger partial charge >= 0.3 is 0 Å². The fourth-order valence-corrected chi connectivity index (χ4v) is 1.68. The molecule has 1 saturated carbocycles. The van der Waals surface area contributed by atoms with E-state index in [1.54, 1.807) is 0 Å². The number of hydrogen-bond donors (Lipinski definition) is 4. The molecule has 100 valence electrons. The van der Waals surface area contributed by atoms with E-state index in [2.05, 4.69) is 20.7 Å². The Labute approximate surface area is 107 Å². The molecule has 2 rings (SSSR count). The number of aliphatic hydroxyl groups is 1. The molecule has 0 amide bonds. The number of aromatic nitrogens is 2. The highest BCUT2D eigenvalue weighted by Crippen LogP contribution is 2.39. The predicted octanol–water partition coefficient (Wildman–Crippen LogP) is 1.13. The molecular weight excluding hydrogens is 230 g/mol. The lowest BCUT2D eigenvalue weighted by Crippen LogP contribution is -2.36. The van der Waals surface area contributed by atoms with E-state index < -0.39 is 5.54 Å². The van der Waals surface area contributed by atoms with Gasteiger partial charge < -0.3 is 15.8 Å². The number of nitrogens with one attached hydrogen (secondary N) is 2. The summed E-state index contributed by atoms with van der Waals surface area (Å²) in [5.74, 6) is 8.14. The van der Waals surface area contributed by atoms with Crippen molar-refractivity contribution >= 4 is 11.6 Å². The quantitative estimate of drug-likeness (QED) is 0.463. The number of rotatable bonds is 5. The molecule has 0 bridgehead atoms. The Morgan fingerprint density at radius 1 is 1.33 bits per heavy atom. The molecule has 1 aliphatic carbocycles. The monoisotopic (exact) mass is 251 g/mol. The number of anilines is 2. The maximum absolute atomic E-state index is 9.32. The zero-order valence-corrected chi connectivity index (χ0v) is 11.1. The Morgan fingerprint density at radius 3 is 2.44 bits per heavy atom. The van der Waals surface area contributed by atoms with Crippen LogP contribution in [-0.2, 0) is 0 Å². The van der Waals surface area contributed by atoms with Gasteiger partial charge in [0, 0.05) is 11.5 Å². The van der Waals surface area contributed by atoms with Gasteiger partial charge in [0.25, 0.3) is 0 Å². The molecular formula is C12H21N5O. The van der Waals surface area contributed by atoms with Gasteiger partial charge in [0.05, 0.1) is 12.1 Å². The fourth-order valence-electron chi connectivity index (χ4n) is 1.68. The minimum Gasteiger partial charge on any atom is -0.394 e. The summed E-state index contributed by atoms with van der Waals surface area (Å²) in [6.45, 7) is 5.77. The zero-order chi connectivity index (χ0) is 13.3. The molecule has 0 saturated heterocycles. The minimum atomic E-state index is -0.425. The van der Waals surface area contributed by atoms with Crippen LogP contribution in [-0.4, -0.2) is 27.2 Å². The Balaban J connectivity index is 2.35. The summed E-state index contributed by atoms with van der Waals surface area (Å²) < 4.78 is 0. The number of nitrogen functional groups attached to an aromatic ring is 1. The highest BCUT2D eigenvalue weighted by atomic mass is 16.3. The van der Waals surface area contributed by atoms with E-state index in [1.807, 2.05) is 20.8 Å². The van der Waals surface area contributed by atoms with E-state index in [0.717, 1.165) is 30.0 Å². The minimum absolute atomic E-state index is 0.0284. The average Bonchev–Trinajstić information content (AvgIpc) is 3.15. The van der Waals surface area contributed by atoms with Crippen LogP contribution < -0.4 is 16.6 Å². The van der Waals surface area contributed by atoms with Crippen LogP contribution in [0.25, 0.3) is 0 Å². The van der Waals surface area contributed by atoms with Crippen molar-refractivity contribution in [1.82, 2.24) is 9.97 Å². The highest BCUT2D eigenvalue weighted by Gasteiger charge is 2.29. The molecule has 1 aromatic rings. The first-order valence-corrected chi connectivity index (χ1v) is 6.21. The molecule has 6 nitrogen and oxygen atoms in total. The van der Waals surface area contributed by atoms with Crippen LogP contribution >= 0.6 is 0 Å². The molecule has 1 fully saturated rings. The summed E-state index contributed by atoms with van der Waals surface area (Å²) >= 11 is 0. The van der Waals surface area contributed by atoms with Crippen molar-refractivity contribution in [2.24, 2.45) is 5.84 Å². The topological polar surface area (TPSA) is 96.1 Å². The van der Waals surface area contributed by atoms with Crippen molar-refractivity contribution in [3.05, 3.63) is 11.4 Å². The van der Waals surface area contributed by atoms with Crippen LogP contribution in [0, 0.1) is 6.92 Å². The summed E-state index contributed by atoms with van der Waals surface area (Å²) in [5.41, 5.74) is 3.05. The molecule has 1 aliphatic rings. The van der Waals surface area contributed by atoms with Crippen LogP contribution in [0.2, 0.25) is 0 Å². The first kappa shape index (κ1) is 13.0. The molecule has 0 aromatic carbocycles. The number of aliphatic hydroxyl groups excluding tert-OH is 1. The summed E-state index contributed by atoms with van der Waals surface area (Å²) in [6.07, 6.45) is 2.27. The van der Waals surface area contributed by atoms with E-state index in [1.165, 1.54) is 0 Å². The third-order valence-corrected chi connectivity index (χ3v) is 3.09. The van der Waals surface area contributed by atoms with Crippen molar-refractivity contribution in [3.63, 3.8) is 0 Å². The van der Waals surface area contributed by atoms with Crippen molar-refractivity contribution in [2.75, 3.05) is 17.3 Å². The molecule has 0 atom stereocenters. The van der Waals surface area contributed by atoms with Crippen LogP contribution in [0.5, 0.6) is 0 Å². The molecule has 0 unspecified atom stereocenters. The third kappa shape index (κ3) is 2.70. The van der Waals surface area contributed by atoms with E-state index in [9.17, 15) is 5.11 Å². The molecule has 0 spiro atoms. The molecule has 0 radical (unpaired) electrons. The first-order valence-electron chi connectivity index (χ1n) is 6.21. The van der Waals surface area contributed by atoms with Gasteiger partial charge in [-0.2, -0.15) is 0 Å². The van der Waals surface area contributed by atoms with Gasteiger partial charge in [0.15, 0.2) is 0 Å². The van der Waals surface area contributed by atoms with Gasteiger partial charge in [-0.05, 0) is 33.6 Å². The average molecular weight is 251 g/mol.